The summed E-state index contributed by atoms with van der Waals surface area (Å²) in [7, 11) is 0. The molecule has 0 saturated carbocycles. The zero-order valence-corrected chi connectivity index (χ0v) is 19.8. The first-order valence-electron chi connectivity index (χ1n) is 11.4. The van der Waals surface area contributed by atoms with Gasteiger partial charge in [0.2, 0.25) is 5.88 Å². The Morgan fingerprint density at radius 3 is 2.88 bits per heavy atom. The molecule has 1 aromatic carbocycles. The Labute approximate surface area is 200 Å². The van der Waals surface area contributed by atoms with Crippen molar-refractivity contribution in [3.63, 3.8) is 0 Å². The van der Waals surface area contributed by atoms with Gasteiger partial charge in [-0.25, -0.2) is 4.98 Å². The number of ether oxygens (including phenoxy) is 2. The van der Waals surface area contributed by atoms with Crippen molar-refractivity contribution < 1.29 is 14.6 Å². The van der Waals surface area contributed by atoms with Crippen LogP contribution in [0, 0.1) is 0 Å². The Morgan fingerprint density at radius 1 is 1.12 bits per heavy atom. The zero-order valence-electron chi connectivity index (χ0n) is 18.2. The van der Waals surface area contributed by atoms with Crippen LogP contribution in [-0.2, 0) is 17.7 Å². The van der Waals surface area contributed by atoms with Crippen LogP contribution in [0.4, 0.5) is 0 Å². The SMILES string of the molecule is OC1CCCc2c(Oc3nc(CN4CCOCC4)nc4scc(-c5cccs5)c34)cccc21. The third-order valence-corrected chi connectivity index (χ3v) is 8.12. The maximum Gasteiger partial charge on any atom is 0.232 e. The highest BCUT2D eigenvalue weighted by molar-refractivity contribution is 7.18. The number of aromatic nitrogens is 2. The number of benzene rings is 1. The predicted molar refractivity (Wildman–Crippen MR) is 131 cm³/mol. The van der Waals surface area contributed by atoms with Gasteiger partial charge in [0.15, 0.2) is 0 Å². The van der Waals surface area contributed by atoms with Gasteiger partial charge in [-0.3, -0.25) is 4.90 Å². The van der Waals surface area contributed by atoms with E-state index in [1.165, 1.54) is 4.88 Å². The number of hydrogen-bond acceptors (Lipinski definition) is 8. The Kier molecular flexibility index (Phi) is 5.85. The molecule has 6 nitrogen and oxygen atoms in total. The van der Waals surface area contributed by atoms with Gasteiger partial charge < -0.3 is 14.6 Å². The molecule has 1 unspecified atom stereocenters. The molecule has 33 heavy (non-hydrogen) atoms. The van der Waals surface area contributed by atoms with E-state index >= 15 is 0 Å². The number of rotatable bonds is 5. The van der Waals surface area contributed by atoms with Gasteiger partial charge in [-0.15, -0.1) is 22.7 Å². The van der Waals surface area contributed by atoms with Crippen LogP contribution in [0.25, 0.3) is 20.7 Å². The average Bonchev–Trinajstić information content (AvgIpc) is 3.50. The number of morpholine rings is 1. The van der Waals surface area contributed by atoms with Crippen LogP contribution in [0.15, 0.2) is 41.1 Å². The van der Waals surface area contributed by atoms with E-state index in [9.17, 15) is 5.11 Å². The second-order valence-electron chi connectivity index (χ2n) is 8.47. The fourth-order valence-corrected chi connectivity index (χ4v) is 6.43. The first kappa shape index (κ1) is 21.2. The molecule has 1 fully saturated rings. The monoisotopic (exact) mass is 479 g/mol. The molecule has 1 saturated heterocycles. The second kappa shape index (κ2) is 9.12. The lowest BCUT2D eigenvalue weighted by Gasteiger charge is -2.26. The van der Waals surface area contributed by atoms with Crippen LogP contribution < -0.4 is 4.74 Å². The molecule has 3 aromatic heterocycles. The van der Waals surface area contributed by atoms with E-state index in [2.05, 4.69) is 27.8 Å². The number of aliphatic hydroxyl groups excluding tert-OH is 1. The maximum absolute atomic E-state index is 10.5. The van der Waals surface area contributed by atoms with E-state index < -0.39 is 6.10 Å². The Morgan fingerprint density at radius 2 is 2.03 bits per heavy atom. The van der Waals surface area contributed by atoms with E-state index in [4.69, 9.17) is 19.4 Å². The van der Waals surface area contributed by atoms with Crippen molar-refractivity contribution in [1.29, 1.82) is 0 Å². The van der Waals surface area contributed by atoms with Crippen LogP contribution in [0.3, 0.4) is 0 Å². The molecule has 1 aliphatic heterocycles. The lowest BCUT2D eigenvalue weighted by Crippen LogP contribution is -2.36. The summed E-state index contributed by atoms with van der Waals surface area (Å²) in [5, 5.41) is 15.7. The second-order valence-corrected chi connectivity index (χ2v) is 10.3. The highest BCUT2D eigenvalue weighted by atomic mass is 32.1. The quantitative estimate of drug-likeness (QED) is 0.413. The molecule has 8 heteroatoms. The highest BCUT2D eigenvalue weighted by Crippen LogP contribution is 2.43. The van der Waals surface area contributed by atoms with Gasteiger partial charge in [0.1, 0.15) is 16.4 Å². The topological polar surface area (TPSA) is 67.7 Å². The van der Waals surface area contributed by atoms with E-state index in [1.807, 2.05) is 18.2 Å². The van der Waals surface area contributed by atoms with Gasteiger partial charge >= 0.3 is 0 Å². The Balaban J connectivity index is 1.44. The number of fused-ring (bicyclic) bond motifs is 2. The van der Waals surface area contributed by atoms with Crippen molar-refractivity contribution in [2.24, 2.45) is 0 Å². The van der Waals surface area contributed by atoms with Crippen LogP contribution in [0.1, 0.15) is 35.9 Å². The summed E-state index contributed by atoms with van der Waals surface area (Å²) >= 11 is 3.34. The summed E-state index contributed by atoms with van der Waals surface area (Å²) in [4.78, 5) is 14.3. The van der Waals surface area contributed by atoms with Crippen molar-refractivity contribution in [1.82, 2.24) is 14.9 Å². The number of hydrogen-bond donors (Lipinski definition) is 1. The molecule has 2 aliphatic rings. The minimum Gasteiger partial charge on any atom is -0.438 e. The number of aliphatic hydroxyl groups is 1. The summed E-state index contributed by atoms with van der Waals surface area (Å²) in [6.45, 7) is 3.92. The molecule has 1 N–H and O–H groups in total. The van der Waals surface area contributed by atoms with Crippen molar-refractivity contribution in [3.8, 4) is 22.1 Å². The van der Waals surface area contributed by atoms with Crippen LogP contribution in [0.2, 0.25) is 0 Å². The largest absolute Gasteiger partial charge is 0.438 e. The Bertz CT molecular complexity index is 1270. The zero-order chi connectivity index (χ0) is 22.2. The lowest BCUT2D eigenvalue weighted by molar-refractivity contribution is 0.0330. The van der Waals surface area contributed by atoms with Crippen molar-refractivity contribution in [3.05, 3.63) is 58.0 Å². The molecule has 0 spiro atoms. The number of nitrogens with zero attached hydrogens (tertiary/aromatic N) is 3. The summed E-state index contributed by atoms with van der Waals surface area (Å²) in [6.07, 6.45) is 2.22. The van der Waals surface area contributed by atoms with Gasteiger partial charge in [-0.2, -0.15) is 4.98 Å². The van der Waals surface area contributed by atoms with Crippen LogP contribution in [0.5, 0.6) is 11.6 Å². The molecule has 170 valence electrons. The van der Waals surface area contributed by atoms with E-state index in [0.717, 1.165) is 84.0 Å². The van der Waals surface area contributed by atoms with Gasteiger partial charge in [-0.1, -0.05) is 18.2 Å². The lowest BCUT2D eigenvalue weighted by atomic mass is 9.89. The molecule has 0 amide bonds. The molecule has 4 heterocycles. The first-order valence-corrected chi connectivity index (χ1v) is 13.1. The van der Waals surface area contributed by atoms with E-state index in [-0.39, 0.29) is 0 Å². The summed E-state index contributed by atoms with van der Waals surface area (Å²) < 4.78 is 12.1. The Hall–Kier alpha value is -2.36. The third kappa shape index (κ3) is 4.18. The van der Waals surface area contributed by atoms with Crippen molar-refractivity contribution >= 4 is 32.9 Å². The molecule has 1 aliphatic carbocycles. The summed E-state index contributed by atoms with van der Waals surface area (Å²) in [5.41, 5.74) is 3.18. The molecule has 0 bridgehead atoms. The molecule has 0 radical (unpaired) electrons. The molecule has 6 rings (SSSR count). The third-order valence-electron chi connectivity index (χ3n) is 6.34. The van der Waals surface area contributed by atoms with E-state index in [1.54, 1.807) is 22.7 Å². The van der Waals surface area contributed by atoms with Gasteiger partial charge in [0.05, 0.1) is 31.2 Å². The summed E-state index contributed by atoms with van der Waals surface area (Å²) in [5.74, 6) is 2.15. The van der Waals surface area contributed by atoms with Gasteiger partial charge in [0.25, 0.3) is 0 Å². The standard InChI is InChI=1S/C25H25N3O3S2/c29-19-6-1-5-17-16(19)4-2-7-20(17)31-24-23-18(21-8-3-13-32-21)15-33-25(23)27-22(26-24)14-28-9-11-30-12-10-28/h2-4,7-8,13,15,19,29H,1,5-6,9-12,14H2. The molecule has 4 aromatic rings. The normalized spacial score (nSPS) is 19.0. The van der Waals surface area contributed by atoms with E-state index in [0.29, 0.717) is 12.4 Å². The highest BCUT2D eigenvalue weighted by Gasteiger charge is 2.24. The predicted octanol–water partition coefficient (Wildman–Crippen LogP) is 5.41. The van der Waals surface area contributed by atoms with Crippen molar-refractivity contribution in [2.45, 2.75) is 31.9 Å². The maximum atomic E-state index is 10.5. The molecule has 1 atom stereocenters. The van der Waals surface area contributed by atoms with Gasteiger partial charge in [0, 0.05) is 34.5 Å². The smallest absolute Gasteiger partial charge is 0.232 e. The van der Waals surface area contributed by atoms with Crippen LogP contribution >= 0.6 is 22.7 Å². The fourth-order valence-electron chi connectivity index (χ4n) is 4.66. The first-order chi connectivity index (χ1) is 16.3. The van der Waals surface area contributed by atoms with Gasteiger partial charge in [-0.05, 0) is 42.3 Å². The molecular formula is C25H25N3O3S2. The van der Waals surface area contributed by atoms with Crippen LogP contribution in [-0.4, -0.2) is 46.3 Å². The average molecular weight is 480 g/mol. The summed E-state index contributed by atoms with van der Waals surface area (Å²) in [6, 6.07) is 10.1. The van der Waals surface area contributed by atoms with Crippen molar-refractivity contribution in [2.75, 3.05) is 26.3 Å². The fraction of sp³-hybridized carbons (Fsp3) is 0.360. The number of thiophene rings is 2. The minimum absolute atomic E-state index is 0.428. The molecular weight excluding hydrogens is 454 g/mol. The minimum atomic E-state index is -0.428.